The second kappa shape index (κ2) is 8.63. The van der Waals surface area contributed by atoms with E-state index in [4.69, 9.17) is 4.98 Å². The summed E-state index contributed by atoms with van der Waals surface area (Å²) in [7, 11) is 2.18. The largest absolute Gasteiger partial charge is 0.369 e. The lowest BCUT2D eigenvalue weighted by Gasteiger charge is -2.34. The maximum absolute atomic E-state index is 4.85. The normalized spacial score (nSPS) is 14.9. The Morgan fingerprint density at radius 1 is 0.906 bits per heavy atom. The van der Waals surface area contributed by atoms with E-state index in [9.17, 15) is 0 Å². The molecule has 0 radical (unpaired) electrons. The monoisotopic (exact) mass is 426 g/mol. The molecular formula is C26H30N6. The second-order valence-corrected chi connectivity index (χ2v) is 8.87. The van der Waals surface area contributed by atoms with Gasteiger partial charge in [-0.15, -0.1) is 0 Å². The second-order valence-electron chi connectivity index (χ2n) is 8.87. The maximum atomic E-state index is 4.85. The van der Waals surface area contributed by atoms with Crippen LogP contribution in [0.25, 0.3) is 16.7 Å². The summed E-state index contributed by atoms with van der Waals surface area (Å²) in [4.78, 5) is 14.2. The minimum atomic E-state index is 0.483. The molecule has 6 heteroatoms. The van der Waals surface area contributed by atoms with Gasteiger partial charge < -0.3 is 19.7 Å². The highest BCUT2D eigenvalue weighted by molar-refractivity contribution is 5.79. The fourth-order valence-corrected chi connectivity index (χ4v) is 4.19. The molecule has 0 aliphatic carbocycles. The molecule has 2 aromatic carbocycles. The van der Waals surface area contributed by atoms with Gasteiger partial charge in [-0.3, -0.25) is 0 Å². The Bertz CT molecular complexity index is 1220. The molecule has 5 rings (SSSR count). The van der Waals surface area contributed by atoms with Gasteiger partial charge in [0.2, 0.25) is 5.95 Å². The zero-order valence-corrected chi connectivity index (χ0v) is 19.0. The van der Waals surface area contributed by atoms with Crippen LogP contribution >= 0.6 is 0 Å². The molecule has 0 unspecified atom stereocenters. The highest BCUT2D eigenvalue weighted by atomic mass is 15.2. The molecule has 6 nitrogen and oxygen atoms in total. The van der Waals surface area contributed by atoms with Crippen molar-refractivity contribution in [2.75, 3.05) is 43.4 Å². The summed E-state index contributed by atoms with van der Waals surface area (Å²) >= 11 is 0. The summed E-state index contributed by atoms with van der Waals surface area (Å²) in [6.45, 7) is 8.70. The average molecular weight is 427 g/mol. The number of fused-ring (bicyclic) bond motifs is 1. The van der Waals surface area contributed by atoms with Gasteiger partial charge in [0.05, 0.1) is 0 Å². The number of hydrogen-bond donors (Lipinski definition) is 1. The summed E-state index contributed by atoms with van der Waals surface area (Å²) < 4.78 is 2.13. The highest BCUT2D eigenvalue weighted by Crippen LogP contribution is 2.25. The summed E-state index contributed by atoms with van der Waals surface area (Å²) in [5.41, 5.74) is 5.57. The van der Waals surface area contributed by atoms with Gasteiger partial charge in [-0.2, -0.15) is 4.98 Å². The molecule has 0 saturated carbocycles. The predicted octanol–water partition coefficient (Wildman–Crippen LogP) is 5.04. The Labute approximate surface area is 189 Å². The molecule has 4 aromatic rings. The van der Waals surface area contributed by atoms with Crippen LogP contribution in [0.3, 0.4) is 0 Å². The van der Waals surface area contributed by atoms with Gasteiger partial charge in [-0.1, -0.05) is 32.0 Å². The van der Waals surface area contributed by atoms with Gasteiger partial charge in [0.1, 0.15) is 5.65 Å². The van der Waals surface area contributed by atoms with Gasteiger partial charge in [0.25, 0.3) is 0 Å². The van der Waals surface area contributed by atoms with E-state index in [0.717, 1.165) is 48.6 Å². The molecule has 0 bridgehead atoms. The summed E-state index contributed by atoms with van der Waals surface area (Å²) in [5, 5.41) is 4.43. The minimum Gasteiger partial charge on any atom is -0.369 e. The van der Waals surface area contributed by atoms with Gasteiger partial charge >= 0.3 is 0 Å². The first-order valence-corrected chi connectivity index (χ1v) is 11.3. The number of piperazine rings is 1. The predicted molar refractivity (Wildman–Crippen MR) is 132 cm³/mol. The number of nitrogens with zero attached hydrogens (tertiary/aromatic N) is 5. The number of rotatable bonds is 5. The van der Waals surface area contributed by atoms with Crippen molar-refractivity contribution in [2.45, 2.75) is 19.8 Å². The average Bonchev–Trinajstić information content (AvgIpc) is 3.23. The van der Waals surface area contributed by atoms with Crippen LogP contribution < -0.4 is 10.2 Å². The van der Waals surface area contributed by atoms with Gasteiger partial charge in [0.15, 0.2) is 0 Å². The van der Waals surface area contributed by atoms with E-state index in [1.165, 1.54) is 11.3 Å². The fraction of sp³-hybridized carbons (Fsp3) is 0.308. The van der Waals surface area contributed by atoms with Crippen LogP contribution in [-0.2, 0) is 0 Å². The van der Waals surface area contributed by atoms with E-state index in [0.29, 0.717) is 11.9 Å². The summed E-state index contributed by atoms with van der Waals surface area (Å²) in [6.07, 6.45) is 3.95. The van der Waals surface area contributed by atoms with Crippen molar-refractivity contribution in [1.29, 1.82) is 0 Å². The lowest BCUT2D eigenvalue weighted by molar-refractivity contribution is 0.313. The SMILES string of the molecule is CC(C)c1cccc(-n2ccc3cnc(Nc4cccc(N5CCN(C)CC5)c4)nc32)c1. The van der Waals surface area contributed by atoms with Gasteiger partial charge in [0, 0.05) is 61.0 Å². The quantitative estimate of drug-likeness (QED) is 0.485. The van der Waals surface area contributed by atoms with Crippen LogP contribution in [0.15, 0.2) is 67.0 Å². The van der Waals surface area contributed by atoms with Gasteiger partial charge in [-0.05, 0) is 54.9 Å². The zero-order chi connectivity index (χ0) is 22.1. The number of benzene rings is 2. The van der Waals surface area contributed by atoms with Crippen LogP contribution in [0.2, 0.25) is 0 Å². The summed E-state index contributed by atoms with van der Waals surface area (Å²) in [5.74, 6) is 1.09. The summed E-state index contributed by atoms with van der Waals surface area (Å²) in [6, 6.07) is 19.2. The Balaban J connectivity index is 1.42. The van der Waals surface area contributed by atoms with Crippen molar-refractivity contribution in [3.05, 3.63) is 72.6 Å². The Morgan fingerprint density at radius 2 is 1.69 bits per heavy atom. The molecular weight excluding hydrogens is 396 g/mol. The Morgan fingerprint density at radius 3 is 2.50 bits per heavy atom. The first kappa shape index (κ1) is 20.5. The van der Waals surface area contributed by atoms with E-state index < -0.39 is 0 Å². The molecule has 0 spiro atoms. The first-order chi connectivity index (χ1) is 15.6. The number of aromatic nitrogens is 3. The van der Waals surface area contributed by atoms with Crippen molar-refractivity contribution in [3.63, 3.8) is 0 Å². The van der Waals surface area contributed by atoms with Crippen molar-refractivity contribution in [2.24, 2.45) is 0 Å². The van der Waals surface area contributed by atoms with Crippen molar-refractivity contribution in [1.82, 2.24) is 19.4 Å². The third-order valence-corrected chi connectivity index (χ3v) is 6.21. The molecule has 2 aromatic heterocycles. The maximum Gasteiger partial charge on any atom is 0.229 e. The molecule has 1 fully saturated rings. The Hall–Kier alpha value is -3.38. The molecule has 0 amide bonds. The molecule has 0 atom stereocenters. The lowest BCUT2D eigenvalue weighted by atomic mass is 10.0. The topological polar surface area (TPSA) is 49.2 Å². The molecule has 164 valence electrons. The molecule has 1 aliphatic rings. The number of hydrogen-bond acceptors (Lipinski definition) is 5. The van der Waals surface area contributed by atoms with Crippen LogP contribution in [0.4, 0.5) is 17.3 Å². The highest BCUT2D eigenvalue weighted by Gasteiger charge is 2.15. The van der Waals surface area contributed by atoms with E-state index in [-0.39, 0.29) is 0 Å². The molecule has 1 saturated heterocycles. The van der Waals surface area contributed by atoms with E-state index in [1.807, 2.05) is 6.20 Å². The van der Waals surface area contributed by atoms with Crippen LogP contribution in [0.1, 0.15) is 25.3 Å². The van der Waals surface area contributed by atoms with Crippen molar-refractivity contribution >= 4 is 28.4 Å². The smallest absolute Gasteiger partial charge is 0.229 e. The lowest BCUT2D eigenvalue weighted by Crippen LogP contribution is -2.44. The fourth-order valence-electron chi connectivity index (χ4n) is 4.19. The van der Waals surface area contributed by atoms with Crippen LogP contribution in [-0.4, -0.2) is 52.7 Å². The number of likely N-dealkylation sites (N-methyl/N-ethyl adjacent to an activating group) is 1. The minimum absolute atomic E-state index is 0.483. The third-order valence-electron chi connectivity index (χ3n) is 6.21. The molecule has 32 heavy (non-hydrogen) atoms. The van der Waals surface area contributed by atoms with Crippen LogP contribution in [0.5, 0.6) is 0 Å². The zero-order valence-electron chi connectivity index (χ0n) is 19.0. The third kappa shape index (κ3) is 4.18. The standard InChI is InChI=1S/C26H30N6/c1-19(2)20-6-4-9-24(16-20)32-11-10-21-18-27-26(29-25(21)32)28-22-7-5-8-23(17-22)31-14-12-30(3)13-15-31/h4-11,16-19H,12-15H2,1-3H3,(H,27,28,29). The van der Waals surface area contributed by atoms with E-state index in [2.05, 4.69) is 106 Å². The van der Waals surface area contributed by atoms with Crippen molar-refractivity contribution < 1.29 is 0 Å². The van der Waals surface area contributed by atoms with Crippen molar-refractivity contribution in [3.8, 4) is 5.69 Å². The molecule has 1 aliphatic heterocycles. The van der Waals surface area contributed by atoms with Crippen LogP contribution in [0, 0.1) is 0 Å². The number of nitrogens with one attached hydrogen (secondary N) is 1. The first-order valence-electron chi connectivity index (χ1n) is 11.3. The van der Waals surface area contributed by atoms with Gasteiger partial charge in [-0.25, -0.2) is 4.98 Å². The van der Waals surface area contributed by atoms with E-state index in [1.54, 1.807) is 0 Å². The number of anilines is 3. The molecule has 3 heterocycles. The Kier molecular flexibility index (Phi) is 5.53. The molecule has 1 N–H and O–H groups in total. The van der Waals surface area contributed by atoms with E-state index >= 15 is 0 Å².